The van der Waals surface area contributed by atoms with Crippen LogP contribution in [0.25, 0.3) is 0 Å². The number of morpholine rings is 1. The maximum absolute atomic E-state index is 14.3. The second-order valence-electron chi connectivity index (χ2n) is 7.83. The number of nitrogens with zero attached hydrogens (tertiary/aromatic N) is 2. The molecule has 2 atom stereocenters. The first-order valence-corrected chi connectivity index (χ1v) is 10.2. The molecule has 1 aromatic carbocycles. The molecule has 0 spiro atoms. The SMILES string of the molecule is CC1CN(CCCCNCc2c(F)cccc2N2CCCC2)CC(C)O1. The van der Waals surface area contributed by atoms with Gasteiger partial charge >= 0.3 is 0 Å². The van der Waals surface area contributed by atoms with E-state index in [1.165, 1.54) is 19.3 Å². The van der Waals surface area contributed by atoms with Gasteiger partial charge in [-0.1, -0.05) is 6.07 Å². The van der Waals surface area contributed by atoms with Gasteiger partial charge in [-0.3, -0.25) is 4.90 Å². The molecule has 2 saturated heterocycles. The molecule has 0 saturated carbocycles. The minimum atomic E-state index is -0.0850. The average Bonchev–Trinajstić information content (AvgIpc) is 3.12. The molecule has 2 aliphatic rings. The Bertz CT molecular complexity index is 552. The highest BCUT2D eigenvalue weighted by atomic mass is 19.1. The number of nitrogens with one attached hydrogen (secondary N) is 1. The third kappa shape index (κ3) is 5.41. The Morgan fingerprint density at radius 3 is 2.58 bits per heavy atom. The molecule has 0 amide bonds. The summed E-state index contributed by atoms with van der Waals surface area (Å²) in [7, 11) is 0. The lowest BCUT2D eigenvalue weighted by Gasteiger charge is -2.35. The van der Waals surface area contributed by atoms with E-state index < -0.39 is 0 Å². The number of hydrogen-bond donors (Lipinski definition) is 1. The number of hydrogen-bond acceptors (Lipinski definition) is 4. The van der Waals surface area contributed by atoms with Crippen molar-refractivity contribution in [1.29, 1.82) is 0 Å². The minimum Gasteiger partial charge on any atom is -0.373 e. The molecule has 146 valence electrons. The van der Waals surface area contributed by atoms with Gasteiger partial charge in [-0.25, -0.2) is 4.39 Å². The highest BCUT2D eigenvalue weighted by Gasteiger charge is 2.21. The summed E-state index contributed by atoms with van der Waals surface area (Å²) >= 11 is 0. The number of unbranched alkanes of at least 4 members (excludes halogenated alkanes) is 1. The van der Waals surface area contributed by atoms with Crippen molar-refractivity contribution < 1.29 is 9.13 Å². The van der Waals surface area contributed by atoms with E-state index in [4.69, 9.17) is 4.74 Å². The van der Waals surface area contributed by atoms with E-state index in [9.17, 15) is 4.39 Å². The van der Waals surface area contributed by atoms with Crippen molar-refractivity contribution in [2.45, 2.75) is 58.3 Å². The van der Waals surface area contributed by atoms with Crippen molar-refractivity contribution in [3.8, 4) is 0 Å². The number of halogens is 1. The number of anilines is 1. The van der Waals surface area contributed by atoms with Crippen molar-refractivity contribution >= 4 is 5.69 Å². The van der Waals surface area contributed by atoms with Crippen LogP contribution in [0.5, 0.6) is 0 Å². The van der Waals surface area contributed by atoms with E-state index in [0.29, 0.717) is 18.8 Å². The predicted molar refractivity (Wildman–Crippen MR) is 105 cm³/mol. The fourth-order valence-corrected chi connectivity index (χ4v) is 4.24. The van der Waals surface area contributed by atoms with Gasteiger partial charge in [0, 0.05) is 44.0 Å². The van der Waals surface area contributed by atoms with E-state index in [1.54, 1.807) is 6.07 Å². The fraction of sp³-hybridized carbons (Fsp3) is 0.714. The van der Waals surface area contributed by atoms with Crippen molar-refractivity contribution in [2.75, 3.05) is 44.2 Å². The fourth-order valence-electron chi connectivity index (χ4n) is 4.24. The Kier molecular flexibility index (Phi) is 7.29. The molecule has 5 heteroatoms. The van der Waals surface area contributed by atoms with E-state index in [1.807, 2.05) is 6.07 Å². The van der Waals surface area contributed by atoms with Gasteiger partial charge in [-0.15, -0.1) is 0 Å². The van der Waals surface area contributed by atoms with Crippen LogP contribution in [-0.4, -0.2) is 56.4 Å². The second kappa shape index (κ2) is 9.67. The minimum absolute atomic E-state index is 0.0850. The lowest BCUT2D eigenvalue weighted by molar-refractivity contribution is -0.0681. The van der Waals surface area contributed by atoms with Crippen molar-refractivity contribution in [2.24, 2.45) is 0 Å². The lowest BCUT2D eigenvalue weighted by atomic mass is 10.1. The highest BCUT2D eigenvalue weighted by Crippen LogP contribution is 2.26. The molecule has 2 aliphatic heterocycles. The molecule has 0 aromatic heterocycles. The molecule has 4 nitrogen and oxygen atoms in total. The first-order valence-electron chi connectivity index (χ1n) is 10.2. The van der Waals surface area contributed by atoms with Crippen LogP contribution in [0.1, 0.15) is 45.1 Å². The first-order chi connectivity index (χ1) is 12.6. The Balaban J connectivity index is 1.39. The van der Waals surface area contributed by atoms with Gasteiger partial charge in [-0.05, 0) is 64.8 Å². The maximum Gasteiger partial charge on any atom is 0.129 e. The number of ether oxygens (including phenoxy) is 1. The van der Waals surface area contributed by atoms with Crippen LogP contribution in [-0.2, 0) is 11.3 Å². The summed E-state index contributed by atoms with van der Waals surface area (Å²) in [6, 6.07) is 5.47. The van der Waals surface area contributed by atoms with Crippen LogP contribution in [0.4, 0.5) is 10.1 Å². The van der Waals surface area contributed by atoms with Crippen LogP contribution in [0.15, 0.2) is 18.2 Å². The molecule has 2 fully saturated rings. The first kappa shape index (κ1) is 19.6. The number of benzene rings is 1. The van der Waals surface area contributed by atoms with E-state index in [0.717, 1.165) is 56.9 Å². The summed E-state index contributed by atoms with van der Waals surface area (Å²) in [6.45, 7) is 11.1. The zero-order chi connectivity index (χ0) is 18.4. The molecular weight excluding hydrogens is 329 g/mol. The van der Waals surface area contributed by atoms with Gasteiger partial charge in [0.2, 0.25) is 0 Å². The van der Waals surface area contributed by atoms with Crippen LogP contribution in [0.2, 0.25) is 0 Å². The highest BCUT2D eigenvalue weighted by molar-refractivity contribution is 5.54. The number of rotatable bonds is 8. The Morgan fingerprint density at radius 2 is 1.85 bits per heavy atom. The molecular formula is C21H34FN3O. The van der Waals surface area contributed by atoms with E-state index in [-0.39, 0.29) is 5.82 Å². The summed E-state index contributed by atoms with van der Waals surface area (Å²) in [5, 5.41) is 3.45. The molecule has 1 N–H and O–H groups in total. The maximum atomic E-state index is 14.3. The molecule has 2 heterocycles. The van der Waals surface area contributed by atoms with Gasteiger partial charge < -0.3 is 15.0 Å². The standard InChI is InChI=1S/C21H34FN3O/c1-17-15-24(16-18(2)26-17)11-4-3-10-23-14-19-20(22)8-7-9-21(19)25-12-5-6-13-25/h7-9,17-18,23H,3-6,10-16H2,1-2H3. The van der Waals surface area contributed by atoms with Crippen molar-refractivity contribution in [3.05, 3.63) is 29.6 Å². The summed E-state index contributed by atoms with van der Waals surface area (Å²) in [5.41, 5.74) is 1.90. The molecule has 2 unspecified atom stereocenters. The van der Waals surface area contributed by atoms with Crippen molar-refractivity contribution in [3.63, 3.8) is 0 Å². The average molecular weight is 364 g/mol. The molecule has 0 radical (unpaired) electrons. The molecule has 3 rings (SSSR count). The zero-order valence-corrected chi connectivity index (χ0v) is 16.3. The summed E-state index contributed by atoms with van der Waals surface area (Å²) < 4.78 is 20.1. The Labute approximate surface area is 157 Å². The van der Waals surface area contributed by atoms with Crippen LogP contribution in [0.3, 0.4) is 0 Å². The van der Waals surface area contributed by atoms with Gasteiger partial charge in [0.25, 0.3) is 0 Å². The summed E-state index contributed by atoms with van der Waals surface area (Å²) in [4.78, 5) is 4.82. The third-order valence-corrected chi connectivity index (χ3v) is 5.42. The van der Waals surface area contributed by atoms with Gasteiger partial charge in [-0.2, -0.15) is 0 Å². The summed E-state index contributed by atoms with van der Waals surface area (Å²) in [5.74, 6) is -0.0850. The second-order valence-corrected chi connectivity index (χ2v) is 7.83. The smallest absolute Gasteiger partial charge is 0.129 e. The van der Waals surface area contributed by atoms with Gasteiger partial charge in [0.15, 0.2) is 0 Å². The zero-order valence-electron chi connectivity index (χ0n) is 16.3. The molecule has 0 bridgehead atoms. The summed E-state index contributed by atoms with van der Waals surface area (Å²) in [6.07, 6.45) is 5.38. The van der Waals surface area contributed by atoms with Crippen LogP contribution < -0.4 is 10.2 Å². The molecule has 0 aliphatic carbocycles. The van der Waals surface area contributed by atoms with Crippen LogP contribution >= 0.6 is 0 Å². The van der Waals surface area contributed by atoms with Gasteiger partial charge in [0.1, 0.15) is 5.82 Å². The van der Waals surface area contributed by atoms with Gasteiger partial charge in [0.05, 0.1) is 12.2 Å². The monoisotopic (exact) mass is 363 g/mol. The molecule has 26 heavy (non-hydrogen) atoms. The van der Waals surface area contributed by atoms with E-state index >= 15 is 0 Å². The quantitative estimate of drug-likeness (QED) is 0.717. The Morgan fingerprint density at radius 1 is 1.12 bits per heavy atom. The predicted octanol–water partition coefficient (Wildman–Crippen LogP) is 3.40. The third-order valence-electron chi connectivity index (χ3n) is 5.42. The topological polar surface area (TPSA) is 27.7 Å². The largest absolute Gasteiger partial charge is 0.373 e. The lowest BCUT2D eigenvalue weighted by Crippen LogP contribution is -2.45. The Hall–Kier alpha value is -1.17. The van der Waals surface area contributed by atoms with Crippen LogP contribution in [0, 0.1) is 5.82 Å². The van der Waals surface area contributed by atoms with E-state index in [2.05, 4.69) is 35.0 Å². The van der Waals surface area contributed by atoms with Crippen molar-refractivity contribution in [1.82, 2.24) is 10.2 Å². The normalized spacial score (nSPS) is 24.3. The molecule has 1 aromatic rings.